The SMILES string of the molecule is COCCN(C(=O)c1cccn1C1CCNCC1)C1CC1. The summed E-state index contributed by atoms with van der Waals surface area (Å²) < 4.78 is 7.34. The maximum absolute atomic E-state index is 12.9. The topological polar surface area (TPSA) is 46.5 Å². The highest BCUT2D eigenvalue weighted by Crippen LogP contribution is 2.29. The van der Waals surface area contributed by atoms with E-state index in [0.29, 0.717) is 25.2 Å². The van der Waals surface area contributed by atoms with Crippen LogP contribution in [0.5, 0.6) is 0 Å². The third-order valence-corrected chi connectivity index (χ3v) is 4.48. The summed E-state index contributed by atoms with van der Waals surface area (Å²) in [5.41, 5.74) is 0.838. The van der Waals surface area contributed by atoms with Crippen LogP contribution in [0.2, 0.25) is 0 Å². The van der Waals surface area contributed by atoms with Crippen LogP contribution in [0.3, 0.4) is 0 Å². The van der Waals surface area contributed by atoms with E-state index < -0.39 is 0 Å². The highest BCUT2D eigenvalue weighted by atomic mass is 16.5. The first-order chi connectivity index (χ1) is 10.3. The van der Waals surface area contributed by atoms with Crippen LogP contribution in [0, 0.1) is 0 Å². The summed E-state index contributed by atoms with van der Waals surface area (Å²) in [5.74, 6) is 0.165. The number of piperidine rings is 1. The Labute approximate surface area is 126 Å². The zero-order chi connectivity index (χ0) is 14.7. The number of nitrogens with one attached hydrogen (secondary N) is 1. The minimum Gasteiger partial charge on any atom is -0.383 e. The Morgan fingerprint density at radius 1 is 1.38 bits per heavy atom. The molecule has 3 rings (SSSR count). The van der Waals surface area contributed by atoms with Gasteiger partial charge in [-0.2, -0.15) is 0 Å². The highest BCUT2D eigenvalue weighted by Gasteiger charge is 2.34. The molecule has 0 bridgehead atoms. The number of methoxy groups -OCH3 is 1. The Hall–Kier alpha value is -1.33. The lowest BCUT2D eigenvalue weighted by Crippen LogP contribution is -2.38. The van der Waals surface area contributed by atoms with Gasteiger partial charge in [-0.3, -0.25) is 4.79 Å². The third kappa shape index (κ3) is 3.30. The van der Waals surface area contributed by atoms with E-state index in [1.54, 1.807) is 7.11 Å². The first-order valence-electron chi connectivity index (χ1n) is 7.98. The standard InChI is InChI=1S/C16H25N3O2/c1-21-12-11-19(13-4-5-13)16(20)15-3-2-10-18(15)14-6-8-17-9-7-14/h2-3,10,13-14,17H,4-9,11-12H2,1H3. The van der Waals surface area contributed by atoms with Crippen molar-refractivity contribution in [2.45, 2.75) is 37.8 Å². The predicted molar refractivity (Wildman–Crippen MR) is 81.5 cm³/mol. The monoisotopic (exact) mass is 291 g/mol. The normalized spacial score (nSPS) is 19.7. The summed E-state index contributed by atoms with van der Waals surface area (Å²) in [4.78, 5) is 14.9. The maximum Gasteiger partial charge on any atom is 0.270 e. The summed E-state index contributed by atoms with van der Waals surface area (Å²) in [5, 5.41) is 3.38. The van der Waals surface area contributed by atoms with Crippen molar-refractivity contribution in [3.63, 3.8) is 0 Å². The molecule has 21 heavy (non-hydrogen) atoms. The van der Waals surface area contributed by atoms with Gasteiger partial charge in [0.1, 0.15) is 5.69 Å². The van der Waals surface area contributed by atoms with E-state index >= 15 is 0 Å². The Morgan fingerprint density at radius 3 is 2.81 bits per heavy atom. The van der Waals surface area contributed by atoms with E-state index in [9.17, 15) is 4.79 Å². The molecule has 1 N–H and O–H groups in total. The molecule has 0 spiro atoms. The fraction of sp³-hybridized carbons (Fsp3) is 0.688. The fourth-order valence-electron chi connectivity index (χ4n) is 3.15. The smallest absolute Gasteiger partial charge is 0.270 e. The van der Waals surface area contributed by atoms with E-state index in [-0.39, 0.29) is 5.91 Å². The van der Waals surface area contributed by atoms with Crippen LogP contribution in [0.25, 0.3) is 0 Å². The average Bonchev–Trinajstić information content (AvgIpc) is 3.24. The highest BCUT2D eigenvalue weighted by molar-refractivity contribution is 5.93. The van der Waals surface area contributed by atoms with Gasteiger partial charge in [-0.05, 0) is 50.9 Å². The molecule has 2 fully saturated rings. The molecule has 0 unspecified atom stereocenters. The number of rotatable bonds is 6. The van der Waals surface area contributed by atoms with Crippen molar-refractivity contribution < 1.29 is 9.53 Å². The first-order valence-corrected chi connectivity index (χ1v) is 7.98. The molecule has 0 radical (unpaired) electrons. The largest absolute Gasteiger partial charge is 0.383 e. The molecule has 1 aromatic heterocycles. The first kappa shape index (κ1) is 14.6. The van der Waals surface area contributed by atoms with Crippen molar-refractivity contribution in [3.05, 3.63) is 24.0 Å². The van der Waals surface area contributed by atoms with Gasteiger partial charge in [0.25, 0.3) is 5.91 Å². The lowest BCUT2D eigenvalue weighted by Gasteiger charge is -2.28. The van der Waals surface area contributed by atoms with Crippen molar-refractivity contribution >= 4 is 5.91 Å². The summed E-state index contributed by atoms with van der Waals surface area (Å²) in [6.07, 6.45) is 6.50. The van der Waals surface area contributed by atoms with Crippen molar-refractivity contribution in [2.24, 2.45) is 0 Å². The summed E-state index contributed by atoms with van der Waals surface area (Å²) >= 11 is 0. The van der Waals surface area contributed by atoms with Gasteiger partial charge in [-0.15, -0.1) is 0 Å². The lowest BCUT2D eigenvalue weighted by molar-refractivity contribution is 0.0666. The number of carbonyl (C=O) groups is 1. The quantitative estimate of drug-likeness (QED) is 0.867. The number of aromatic nitrogens is 1. The van der Waals surface area contributed by atoms with E-state index in [4.69, 9.17) is 4.74 Å². The third-order valence-electron chi connectivity index (χ3n) is 4.48. The Bertz CT molecular complexity index is 476. The van der Waals surface area contributed by atoms with Crippen LogP contribution < -0.4 is 5.32 Å². The van der Waals surface area contributed by atoms with Crippen molar-refractivity contribution in [3.8, 4) is 0 Å². The number of hydrogen-bond donors (Lipinski definition) is 1. The van der Waals surface area contributed by atoms with Gasteiger partial charge in [0, 0.05) is 31.9 Å². The zero-order valence-corrected chi connectivity index (χ0v) is 12.8. The molecule has 1 aromatic rings. The van der Waals surface area contributed by atoms with E-state index in [2.05, 4.69) is 16.1 Å². The molecule has 1 aliphatic carbocycles. The second kappa shape index (κ2) is 6.62. The fourth-order valence-corrected chi connectivity index (χ4v) is 3.15. The molecule has 1 aliphatic heterocycles. The van der Waals surface area contributed by atoms with E-state index in [1.165, 1.54) is 0 Å². The number of nitrogens with zero attached hydrogens (tertiary/aromatic N) is 2. The van der Waals surface area contributed by atoms with Gasteiger partial charge in [-0.1, -0.05) is 0 Å². The summed E-state index contributed by atoms with van der Waals surface area (Å²) in [6, 6.07) is 4.83. The molecule has 1 amide bonds. The maximum atomic E-state index is 12.9. The minimum absolute atomic E-state index is 0.165. The molecule has 5 heteroatoms. The second-order valence-corrected chi connectivity index (χ2v) is 6.00. The van der Waals surface area contributed by atoms with Crippen LogP contribution in [0.1, 0.15) is 42.2 Å². The van der Waals surface area contributed by atoms with Crippen molar-refractivity contribution in [2.75, 3.05) is 33.4 Å². The lowest BCUT2D eigenvalue weighted by atomic mass is 10.1. The van der Waals surface area contributed by atoms with Crippen LogP contribution in [-0.2, 0) is 4.74 Å². The van der Waals surface area contributed by atoms with Crippen molar-refractivity contribution in [1.29, 1.82) is 0 Å². The molecule has 5 nitrogen and oxygen atoms in total. The molecular formula is C16H25N3O2. The molecule has 0 aromatic carbocycles. The Morgan fingerprint density at radius 2 is 2.14 bits per heavy atom. The van der Waals surface area contributed by atoms with Crippen molar-refractivity contribution in [1.82, 2.24) is 14.8 Å². The van der Waals surface area contributed by atoms with Gasteiger partial charge >= 0.3 is 0 Å². The van der Waals surface area contributed by atoms with Gasteiger partial charge < -0.3 is 19.5 Å². The van der Waals surface area contributed by atoms with Gasteiger partial charge in [0.05, 0.1) is 6.61 Å². The second-order valence-electron chi connectivity index (χ2n) is 6.00. The van der Waals surface area contributed by atoms with Gasteiger partial charge in [0.2, 0.25) is 0 Å². The van der Waals surface area contributed by atoms with Crippen LogP contribution in [0.15, 0.2) is 18.3 Å². The Balaban J connectivity index is 1.75. The molecule has 1 saturated carbocycles. The number of carbonyl (C=O) groups excluding carboxylic acids is 1. The summed E-state index contributed by atoms with van der Waals surface area (Å²) in [7, 11) is 1.69. The molecule has 2 aliphatic rings. The minimum atomic E-state index is 0.165. The number of ether oxygens (including phenoxy) is 1. The average molecular weight is 291 g/mol. The molecule has 0 atom stereocenters. The van der Waals surface area contributed by atoms with Crippen LogP contribution >= 0.6 is 0 Å². The number of hydrogen-bond acceptors (Lipinski definition) is 3. The summed E-state index contributed by atoms with van der Waals surface area (Å²) in [6.45, 7) is 3.37. The van der Waals surface area contributed by atoms with Gasteiger partial charge in [0.15, 0.2) is 0 Å². The van der Waals surface area contributed by atoms with Gasteiger partial charge in [-0.25, -0.2) is 0 Å². The Kier molecular flexibility index (Phi) is 4.60. The van der Waals surface area contributed by atoms with Crippen LogP contribution in [0.4, 0.5) is 0 Å². The molecule has 2 heterocycles. The molecule has 116 valence electrons. The van der Waals surface area contributed by atoms with Crippen LogP contribution in [-0.4, -0.2) is 54.8 Å². The predicted octanol–water partition coefficient (Wildman–Crippen LogP) is 1.66. The van der Waals surface area contributed by atoms with E-state index in [0.717, 1.165) is 44.5 Å². The molecular weight excluding hydrogens is 266 g/mol. The van der Waals surface area contributed by atoms with E-state index in [1.807, 2.05) is 17.0 Å². The number of amides is 1. The zero-order valence-electron chi connectivity index (χ0n) is 12.8. The molecule has 1 saturated heterocycles.